The first-order valence-corrected chi connectivity index (χ1v) is 7.50. The molecule has 21 heavy (non-hydrogen) atoms. The molecule has 0 unspecified atom stereocenters. The molecule has 0 atom stereocenters. The summed E-state index contributed by atoms with van der Waals surface area (Å²) < 4.78 is 24.7. The van der Waals surface area contributed by atoms with Crippen molar-refractivity contribution in [2.45, 2.75) is 37.5 Å². The number of halogens is 2. The molecule has 0 radical (unpaired) electrons. The molecule has 114 valence electrons. The number of hydrogen-bond acceptors (Lipinski definition) is 3. The first kappa shape index (κ1) is 14.8. The Morgan fingerprint density at radius 3 is 2.57 bits per heavy atom. The van der Waals surface area contributed by atoms with Crippen LogP contribution in [0.5, 0.6) is 0 Å². The van der Waals surface area contributed by atoms with Crippen molar-refractivity contribution in [1.29, 1.82) is 0 Å². The number of carbonyl (C=O) groups is 1. The predicted molar refractivity (Wildman–Crippen MR) is 75.8 cm³/mol. The number of carbonyl (C=O) groups excluding carboxylic acids is 1. The minimum atomic E-state index is -0.584. The molecule has 2 aliphatic rings. The van der Waals surface area contributed by atoms with Gasteiger partial charge in [0.25, 0.3) is 5.91 Å². The molecular formula is C15H17ClFNO3. The summed E-state index contributed by atoms with van der Waals surface area (Å²) in [6, 6.07) is 4.14. The van der Waals surface area contributed by atoms with Crippen LogP contribution in [0, 0.1) is 5.82 Å². The zero-order valence-corrected chi connectivity index (χ0v) is 12.3. The fourth-order valence-corrected chi connectivity index (χ4v) is 3.01. The maximum Gasteiger partial charge on any atom is 0.251 e. The normalized spacial score (nSPS) is 21.6. The van der Waals surface area contributed by atoms with Gasteiger partial charge in [-0.15, -0.1) is 0 Å². The summed E-state index contributed by atoms with van der Waals surface area (Å²) in [7, 11) is 0. The molecule has 0 bridgehead atoms. The van der Waals surface area contributed by atoms with Crippen LogP contribution in [0.4, 0.5) is 4.39 Å². The Morgan fingerprint density at radius 1 is 1.29 bits per heavy atom. The Kier molecular flexibility index (Phi) is 4.15. The maximum atomic E-state index is 13.4. The van der Waals surface area contributed by atoms with Crippen LogP contribution in [-0.4, -0.2) is 30.9 Å². The quantitative estimate of drug-likeness (QED) is 0.913. The third-order valence-corrected chi connectivity index (χ3v) is 4.38. The zero-order chi connectivity index (χ0) is 14.9. The van der Waals surface area contributed by atoms with Gasteiger partial charge >= 0.3 is 0 Å². The first-order valence-electron chi connectivity index (χ1n) is 7.12. The second kappa shape index (κ2) is 5.91. The van der Waals surface area contributed by atoms with Gasteiger partial charge in [0, 0.05) is 24.4 Å². The molecule has 1 N–H and O–H groups in total. The van der Waals surface area contributed by atoms with Gasteiger partial charge in [-0.3, -0.25) is 4.79 Å². The molecule has 4 nitrogen and oxygen atoms in total. The Hall–Kier alpha value is -1.17. The molecule has 1 aliphatic carbocycles. The number of hydrogen-bond donors (Lipinski definition) is 1. The summed E-state index contributed by atoms with van der Waals surface area (Å²) >= 11 is 5.61. The van der Waals surface area contributed by atoms with Crippen molar-refractivity contribution in [3.05, 3.63) is 34.6 Å². The van der Waals surface area contributed by atoms with Crippen LogP contribution in [0.15, 0.2) is 18.2 Å². The molecule has 1 aromatic rings. The smallest absolute Gasteiger partial charge is 0.251 e. The molecule has 1 aromatic carbocycles. The number of benzene rings is 1. The number of nitrogens with one attached hydrogen (secondary N) is 1. The minimum Gasteiger partial charge on any atom is -0.349 e. The Balaban J connectivity index is 1.57. The van der Waals surface area contributed by atoms with Crippen LogP contribution < -0.4 is 5.32 Å². The van der Waals surface area contributed by atoms with Gasteiger partial charge < -0.3 is 14.8 Å². The summed E-state index contributed by atoms with van der Waals surface area (Å²) in [6.07, 6.45) is 3.13. The van der Waals surface area contributed by atoms with Gasteiger partial charge in [0.15, 0.2) is 5.79 Å². The van der Waals surface area contributed by atoms with Crippen molar-refractivity contribution in [2.24, 2.45) is 0 Å². The van der Waals surface area contributed by atoms with Gasteiger partial charge in [0.1, 0.15) is 5.82 Å². The van der Waals surface area contributed by atoms with Crippen LogP contribution in [0.3, 0.4) is 0 Å². The fraction of sp³-hybridized carbons (Fsp3) is 0.533. The highest BCUT2D eigenvalue weighted by molar-refractivity contribution is 6.30. The molecule has 1 saturated heterocycles. The SMILES string of the molecule is O=C(NC1CCC2(CC1)OCCO2)c1ccc(Cl)c(F)c1. The molecular weight excluding hydrogens is 297 g/mol. The average molecular weight is 314 g/mol. The van der Waals surface area contributed by atoms with Crippen LogP contribution in [0.1, 0.15) is 36.0 Å². The lowest BCUT2D eigenvalue weighted by Gasteiger charge is -2.35. The topological polar surface area (TPSA) is 47.6 Å². The predicted octanol–water partition coefficient (Wildman–Crippen LogP) is 2.89. The summed E-state index contributed by atoms with van der Waals surface area (Å²) in [4.78, 5) is 12.1. The lowest BCUT2D eigenvalue weighted by Crippen LogP contribution is -2.44. The molecule has 2 fully saturated rings. The zero-order valence-electron chi connectivity index (χ0n) is 11.5. The molecule has 1 heterocycles. The van der Waals surface area contributed by atoms with Gasteiger partial charge in [-0.1, -0.05) is 11.6 Å². The van der Waals surface area contributed by atoms with Crippen LogP contribution >= 0.6 is 11.6 Å². The fourth-order valence-electron chi connectivity index (χ4n) is 2.89. The van der Waals surface area contributed by atoms with E-state index < -0.39 is 11.6 Å². The lowest BCUT2D eigenvalue weighted by atomic mass is 9.90. The van der Waals surface area contributed by atoms with Crippen LogP contribution in [0.25, 0.3) is 0 Å². The van der Waals surface area contributed by atoms with Gasteiger partial charge in [-0.2, -0.15) is 0 Å². The molecule has 1 spiro atoms. The first-order chi connectivity index (χ1) is 10.1. The average Bonchev–Trinajstić information content (AvgIpc) is 2.93. The van der Waals surface area contributed by atoms with Gasteiger partial charge in [-0.25, -0.2) is 4.39 Å². The minimum absolute atomic E-state index is 0.0155. The summed E-state index contributed by atoms with van der Waals surface area (Å²) in [5.41, 5.74) is 0.283. The number of rotatable bonds is 2. The van der Waals surface area contributed by atoms with Gasteiger partial charge in [0.2, 0.25) is 0 Å². The standard InChI is InChI=1S/C15H17ClFNO3/c16-12-2-1-10(9-13(12)17)14(19)18-11-3-5-15(6-4-11)20-7-8-21-15/h1-2,9,11H,3-8H2,(H,18,19). The van der Waals surface area contributed by atoms with E-state index >= 15 is 0 Å². The van der Waals surface area contributed by atoms with Crippen molar-refractivity contribution in [3.8, 4) is 0 Å². The largest absolute Gasteiger partial charge is 0.349 e. The highest BCUT2D eigenvalue weighted by Crippen LogP contribution is 2.35. The van der Waals surface area contributed by atoms with E-state index in [0.717, 1.165) is 31.7 Å². The molecule has 3 rings (SSSR count). The number of ether oxygens (including phenoxy) is 2. The van der Waals surface area contributed by atoms with Crippen molar-refractivity contribution < 1.29 is 18.7 Å². The van der Waals surface area contributed by atoms with Crippen molar-refractivity contribution >= 4 is 17.5 Å². The highest BCUT2D eigenvalue weighted by atomic mass is 35.5. The van der Waals surface area contributed by atoms with Gasteiger partial charge in [-0.05, 0) is 31.0 Å². The van der Waals surface area contributed by atoms with E-state index in [1.165, 1.54) is 12.1 Å². The van der Waals surface area contributed by atoms with E-state index in [-0.39, 0.29) is 22.5 Å². The van der Waals surface area contributed by atoms with Crippen molar-refractivity contribution in [3.63, 3.8) is 0 Å². The third kappa shape index (κ3) is 3.20. The second-order valence-electron chi connectivity index (χ2n) is 5.48. The molecule has 1 aliphatic heterocycles. The van der Waals surface area contributed by atoms with E-state index in [9.17, 15) is 9.18 Å². The van der Waals surface area contributed by atoms with Crippen molar-refractivity contribution in [2.75, 3.05) is 13.2 Å². The monoisotopic (exact) mass is 313 g/mol. The summed E-state index contributed by atoms with van der Waals surface area (Å²) in [5.74, 6) is -1.30. The summed E-state index contributed by atoms with van der Waals surface area (Å²) in [5, 5.41) is 2.94. The third-order valence-electron chi connectivity index (χ3n) is 4.08. The van der Waals surface area contributed by atoms with E-state index in [1.807, 2.05) is 0 Å². The van der Waals surface area contributed by atoms with Crippen molar-refractivity contribution in [1.82, 2.24) is 5.32 Å². The summed E-state index contributed by atoms with van der Waals surface area (Å²) in [6.45, 7) is 1.28. The molecule has 1 amide bonds. The lowest BCUT2D eigenvalue weighted by molar-refractivity contribution is -0.179. The van der Waals surface area contributed by atoms with E-state index in [2.05, 4.69) is 5.32 Å². The van der Waals surface area contributed by atoms with E-state index in [0.29, 0.717) is 13.2 Å². The molecule has 1 saturated carbocycles. The number of amides is 1. The molecule has 6 heteroatoms. The van der Waals surface area contributed by atoms with Crippen LogP contribution in [-0.2, 0) is 9.47 Å². The Bertz CT molecular complexity index is 536. The second-order valence-corrected chi connectivity index (χ2v) is 5.89. The maximum absolute atomic E-state index is 13.4. The Labute approximate surface area is 127 Å². The van der Waals surface area contributed by atoms with E-state index in [4.69, 9.17) is 21.1 Å². The Morgan fingerprint density at radius 2 is 1.95 bits per heavy atom. The molecule has 0 aromatic heterocycles. The van der Waals surface area contributed by atoms with Crippen LogP contribution in [0.2, 0.25) is 5.02 Å². The van der Waals surface area contributed by atoms with E-state index in [1.54, 1.807) is 0 Å². The highest BCUT2D eigenvalue weighted by Gasteiger charge is 2.40. The van der Waals surface area contributed by atoms with Gasteiger partial charge in [0.05, 0.1) is 18.2 Å².